The first kappa shape index (κ1) is 16.7. The Bertz CT molecular complexity index is 774. The van der Waals surface area contributed by atoms with Gasteiger partial charge in [-0.2, -0.15) is 0 Å². The highest BCUT2D eigenvalue weighted by Gasteiger charge is 2.26. The summed E-state index contributed by atoms with van der Waals surface area (Å²) in [6.07, 6.45) is 0. The molecule has 0 bridgehead atoms. The Kier molecular flexibility index (Phi) is 4.71. The summed E-state index contributed by atoms with van der Waals surface area (Å²) in [5.74, 6) is 0.522. The maximum absolute atomic E-state index is 12.8. The van der Waals surface area contributed by atoms with E-state index >= 15 is 0 Å². The number of carbonyl (C=O) groups excluding carboxylic acids is 1. The largest absolute Gasteiger partial charge is 0.360 e. The molecule has 6 nitrogen and oxygen atoms in total. The van der Waals surface area contributed by atoms with E-state index in [9.17, 15) is 9.59 Å². The van der Waals surface area contributed by atoms with E-state index in [1.165, 1.54) is 5.00 Å². The summed E-state index contributed by atoms with van der Waals surface area (Å²) in [6, 6.07) is 4.12. The molecular weight excluding hydrogens is 324 g/mol. The molecule has 0 aromatic carbocycles. The highest BCUT2D eigenvalue weighted by atomic mass is 32.1. The van der Waals surface area contributed by atoms with Crippen LogP contribution in [0.3, 0.4) is 0 Å². The number of carbonyl (C=O) groups is 1. The summed E-state index contributed by atoms with van der Waals surface area (Å²) in [7, 11) is 0. The molecule has 7 heteroatoms. The van der Waals surface area contributed by atoms with Crippen molar-refractivity contribution >= 4 is 22.2 Å². The predicted octanol–water partition coefficient (Wildman–Crippen LogP) is 2.23. The lowest BCUT2D eigenvalue weighted by molar-refractivity contribution is 0.0743. The number of anilines is 1. The molecular formula is C17H22N4O2S. The van der Waals surface area contributed by atoms with Gasteiger partial charge in [0.05, 0.1) is 10.7 Å². The van der Waals surface area contributed by atoms with E-state index < -0.39 is 0 Å². The Morgan fingerprint density at radius 3 is 2.54 bits per heavy atom. The molecule has 24 heavy (non-hydrogen) atoms. The Hall–Kier alpha value is -2.15. The van der Waals surface area contributed by atoms with Crippen molar-refractivity contribution in [2.24, 2.45) is 0 Å². The molecule has 0 saturated carbocycles. The van der Waals surface area contributed by atoms with Crippen LogP contribution in [-0.2, 0) is 0 Å². The maximum Gasteiger partial charge on any atom is 0.264 e. The normalized spacial score (nSPS) is 15.2. The van der Waals surface area contributed by atoms with Gasteiger partial charge in [0.25, 0.3) is 11.5 Å². The van der Waals surface area contributed by atoms with Crippen LogP contribution in [0.15, 0.2) is 22.3 Å². The van der Waals surface area contributed by atoms with Crippen LogP contribution >= 0.6 is 11.3 Å². The fourth-order valence-corrected chi connectivity index (χ4v) is 3.66. The van der Waals surface area contributed by atoms with Crippen LogP contribution in [0, 0.1) is 6.92 Å². The van der Waals surface area contributed by atoms with Gasteiger partial charge in [0.15, 0.2) is 0 Å². The molecule has 1 aliphatic heterocycles. The zero-order chi connectivity index (χ0) is 17.3. The summed E-state index contributed by atoms with van der Waals surface area (Å²) < 4.78 is 0. The lowest BCUT2D eigenvalue weighted by Gasteiger charge is -2.35. The third-order valence-corrected chi connectivity index (χ3v) is 5.19. The first-order valence-electron chi connectivity index (χ1n) is 8.16. The van der Waals surface area contributed by atoms with Gasteiger partial charge in [0.2, 0.25) is 0 Å². The fraction of sp³-hybridized carbons (Fsp3) is 0.471. The highest BCUT2D eigenvalue weighted by molar-refractivity contribution is 7.14. The number of nitrogens with one attached hydrogen (secondary N) is 1. The third kappa shape index (κ3) is 3.21. The molecule has 0 unspecified atom stereocenters. The number of aromatic nitrogens is 2. The Morgan fingerprint density at radius 1 is 1.29 bits per heavy atom. The van der Waals surface area contributed by atoms with Crippen LogP contribution < -0.4 is 10.5 Å². The third-order valence-electron chi connectivity index (χ3n) is 4.26. The Balaban J connectivity index is 1.75. The van der Waals surface area contributed by atoms with Gasteiger partial charge in [-0.05, 0) is 24.4 Å². The van der Waals surface area contributed by atoms with Crippen LogP contribution in [0.1, 0.15) is 41.6 Å². The van der Waals surface area contributed by atoms with Crippen LogP contribution in [0.25, 0.3) is 0 Å². The molecule has 1 aliphatic rings. The van der Waals surface area contributed by atoms with E-state index in [0.29, 0.717) is 24.6 Å². The highest BCUT2D eigenvalue weighted by Crippen LogP contribution is 2.22. The molecule has 0 spiro atoms. The lowest BCUT2D eigenvalue weighted by Crippen LogP contribution is -2.49. The number of rotatable bonds is 3. The van der Waals surface area contributed by atoms with E-state index in [-0.39, 0.29) is 22.9 Å². The molecule has 3 rings (SSSR count). The van der Waals surface area contributed by atoms with Crippen LogP contribution in [0.5, 0.6) is 0 Å². The molecule has 3 heterocycles. The average molecular weight is 346 g/mol. The van der Waals surface area contributed by atoms with Crippen molar-refractivity contribution in [2.75, 3.05) is 31.1 Å². The van der Waals surface area contributed by atoms with Crippen molar-refractivity contribution in [3.8, 4) is 0 Å². The zero-order valence-electron chi connectivity index (χ0n) is 14.2. The zero-order valence-corrected chi connectivity index (χ0v) is 15.0. The second kappa shape index (κ2) is 6.76. The van der Waals surface area contributed by atoms with Crippen molar-refractivity contribution in [2.45, 2.75) is 26.7 Å². The SMILES string of the molecule is Cc1nc(C(C)C)[nH]c(=O)c1C(=O)N1CCN(c2cccs2)CC1. The van der Waals surface area contributed by atoms with E-state index in [4.69, 9.17) is 0 Å². The summed E-state index contributed by atoms with van der Waals surface area (Å²) in [4.78, 5) is 36.3. The van der Waals surface area contributed by atoms with Gasteiger partial charge >= 0.3 is 0 Å². The van der Waals surface area contributed by atoms with E-state index in [2.05, 4.69) is 26.3 Å². The summed E-state index contributed by atoms with van der Waals surface area (Å²) in [6.45, 7) is 8.44. The minimum atomic E-state index is -0.336. The second-order valence-electron chi connectivity index (χ2n) is 6.30. The van der Waals surface area contributed by atoms with E-state index in [1.807, 2.05) is 19.9 Å². The number of hydrogen-bond acceptors (Lipinski definition) is 5. The monoisotopic (exact) mass is 346 g/mol. The van der Waals surface area contributed by atoms with Crippen molar-refractivity contribution in [1.82, 2.24) is 14.9 Å². The lowest BCUT2D eigenvalue weighted by atomic mass is 10.1. The number of nitrogens with zero attached hydrogens (tertiary/aromatic N) is 3. The number of thiophene rings is 1. The van der Waals surface area contributed by atoms with Gasteiger partial charge in [0, 0.05) is 32.1 Å². The Labute approximate surface area is 145 Å². The van der Waals surface area contributed by atoms with Crippen molar-refractivity contribution < 1.29 is 4.79 Å². The quantitative estimate of drug-likeness (QED) is 0.925. The van der Waals surface area contributed by atoms with Gasteiger partial charge in [-0.25, -0.2) is 4.98 Å². The average Bonchev–Trinajstić information content (AvgIpc) is 3.08. The smallest absolute Gasteiger partial charge is 0.264 e. The van der Waals surface area contributed by atoms with Gasteiger partial charge in [-0.1, -0.05) is 13.8 Å². The number of H-pyrrole nitrogens is 1. The van der Waals surface area contributed by atoms with Crippen LogP contribution in [0.4, 0.5) is 5.00 Å². The molecule has 2 aromatic rings. The molecule has 0 atom stereocenters. The van der Waals surface area contributed by atoms with Crippen LogP contribution in [0.2, 0.25) is 0 Å². The minimum Gasteiger partial charge on any atom is -0.360 e. The molecule has 128 valence electrons. The molecule has 1 N–H and O–H groups in total. The number of piperazine rings is 1. The summed E-state index contributed by atoms with van der Waals surface area (Å²) in [5.41, 5.74) is 0.342. The topological polar surface area (TPSA) is 69.3 Å². The fourth-order valence-electron chi connectivity index (χ4n) is 2.87. The maximum atomic E-state index is 12.8. The molecule has 2 aromatic heterocycles. The van der Waals surface area contributed by atoms with Crippen molar-refractivity contribution in [1.29, 1.82) is 0 Å². The van der Waals surface area contributed by atoms with Gasteiger partial charge in [0.1, 0.15) is 11.4 Å². The Morgan fingerprint density at radius 2 is 2.00 bits per heavy atom. The van der Waals surface area contributed by atoms with Gasteiger partial charge in [-0.3, -0.25) is 9.59 Å². The van der Waals surface area contributed by atoms with Crippen LogP contribution in [-0.4, -0.2) is 47.0 Å². The molecule has 0 aliphatic carbocycles. The first-order valence-corrected chi connectivity index (χ1v) is 9.04. The number of hydrogen-bond donors (Lipinski definition) is 1. The summed E-state index contributed by atoms with van der Waals surface area (Å²) in [5, 5.41) is 3.27. The second-order valence-corrected chi connectivity index (χ2v) is 7.22. The standard InChI is InChI=1S/C17H22N4O2S/c1-11(2)15-18-12(3)14(16(22)19-15)17(23)21-8-6-20(7-9-21)13-5-4-10-24-13/h4-5,10-11H,6-9H2,1-3H3,(H,18,19,22). The predicted molar refractivity (Wildman–Crippen MR) is 96.1 cm³/mol. The molecule has 1 saturated heterocycles. The van der Waals surface area contributed by atoms with E-state index in [0.717, 1.165) is 13.1 Å². The van der Waals surface area contributed by atoms with Crippen molar-refractivity contribution in [3.63, 3.8) is 0 Å². The van der Waals surface area contributed by atoms with Crippen molar-refractivity contribution in [3.05, 3.63) is 44.9 Å². The number of aryl methyl sites for hydroxylation is 1. The first-order chi connectivity index (χ1) is 11.5. The van der Waals surface area contributed by atoms with Gasteiger partial charge < -0.3 is 14.8 Å². The van der Waals surface area contributed by atoms with Gasteiger partial charge in [-0.15, -0.1) is 11.3 Å². The molecule has 0 radical (unpaired) electrons. The number of amides is 1. The summed E-state index contributed by atoms with van der Waals surface area (Å²) >= 11 is 1.70. The molecule has 1 fully saturated rings. The molecule has 1 amide bonds. The minimum absolute atomic E-state index is 0.120. The van der Waals surface area contributed by atoms with E-state index in [1.54, 1.807) is 23.2 Å². The number of aromatic amines is 1.